The Morgan fingerprint density at radius 3 is 2.70 bits per heavy atom. The van der Waals surface area contributed by atoms with Crippen LogP contribution in [0.1, 0.15) is 51.0 Å². The minimum Gasteiger partial charge on any atom is -0.493 e. The first-order valence-corrected chi connectivity index (χ1v) is 9.97. The summed E-state index contributed by atoms with van der Waals surface area (Å²) in [5, 5.41) is 8.08. The molecule has 1 aromatic carbocycles. The second-order valence-electron chi connectivity index (χ2n) is 7.32. The van der Waals surface area contributed by atoms with Crippen LogP contribution in [0.15, 0.2) is 23.3 Å². The van der Waals surface area contributed by atoms with Crippen molar-refractivity contribution < 1.29 is 14.3 Å². The van der Waals surface area contributed by atoms with Crippen molar-refractivity contribution >= 4 is 29.5 Å². The van der Waals surface area contributed by atoms with E-state index in [-0.39, 0.29) is 11.9 Å². The maximum atomic E-state index is 11.8. The standard InChI is InChI=1S/C20H27N3O3S/c1-13-5-3-4-6-16(13)22-20(27)23-21-12-14-7-10-17(18(11-14)25-2)26-19(24)15-8-9-15/h7,10-13,15-16H,3-6,8-9H2,1-2H3,(H2,22,23,27)/b21-12-/t13-,16+/m0/s1. The van der Waals surface area contributed by atoms with E-state index < -0.39 is 0 Å². The highest BCUT2D eigenvalue weighted by molar-refractivity contribution is 7.80. The summed E-state index contributed by atoms with van der Waals surface area (Å²) in [5.74, 6) is 1.41. The zero-order valence-corrected chi connectivity index (χ0v) is 16.7. The smallest absolute Gasteiger partial charge is 0.314 e. The molecule has 27 heavy (non-hydrogen) atoms. The minimum absolute atomic E-state index is 0.0422. The van der Waals surface area contributed by atoms with E-state index in [2.05, 4.69) is 22.8 Å². The van der Waals surface area contributed by atoms with Gasteiger partial charge in [-0.3, -0.25) is 10.2 Å². The molecule has 0 bridgehead atoms. The molecule has 0 aromatic heterocycles. The van der Waals surface area contributed by atoms with E-state index in [1.54, 1.807) is 25.5 Å². The Hall–Kier alpha value is -2.15. The molecule has 0 spiro atoms. The summed E-state index contributed by atoms with van der Waals surface area (Å²) in [7, 11) is 1.55. The molecule has 0 amide bonds. The van der Waals surface area contributed by atoms with Crippen molar-refractivity contribution in [1.29, 1.82) is 0 Å². The number of benzene rings is 1. The number of hydrogen-bond acceptors (Lipinski definition) is 5. The number of ether oxygens (including phenoxy) is 2. The first-order valence-electron chi connectivity index (χ1n) is 9.56. The molecule has 2 aliphatic carbocycles. The van der Waals surface area contributed by atoms with E-state index in [0.29, 0.717) is 28.6 Å². The highest BCUT2D eigenvalue weighted by Gasteiger charge is 2.32. The SMILES string of the molecule is COc1cc(/C=N\NC(=S)N[C@@H]2CCCC[C@@H]2C)ccc1OC(=O)C1CC1. The number of carbonyl (C=O) groups excluding carboxylic acids is 1. The van der Waals surface area contributed by atoms with Crippen molar-refractivity contribution in [1.82, 2.24) is 10.7 Å². The number of hydrogen-bond donors (Lipinski definition) is 2. The summed E-state index contributed by atoms with van der Waals surface area (Å²) in [6.45, 7) is 2.26. The first kappa shape index (κ1) is 19.6. The zero-order chi connectivity index (χ0) is 19.2. The van der Waals surface area contributed by atoms with Crippen LogP contribution >= 0.6 is 12.2 Å². The van der Waals surface area contributed by atoms with Crippen molar-refractivity contribution in [3.05, 3.63) is 23.8 Å². The van der Waals surface area contributed by atoms with Crippen LogP contribution in [0.5, 0.6) is 11.5 Å². The fourth-order valence-corrected chi connectivity index (χ4v) is 3.46. The Bertz CT molecular complexity index is 718. The van der Waals surface area contributed by atoms with Gasteiger partial charge in [-0.2, -0.15) is 5.10 Å². The van der Waals surface area contributed by atoms with E-state index in [1.165, 1.54) is 19.3 Å². The second-order valence-corrected chi connectivity index (χ2v) is 7.73. The van der Waals surface area contributed by atoms with Crippen LogP contribution in [0.25, 0.3) is 0 Å². The Labute approximate surface area is 165 Å². The third-order valence-electron chi connectivity index (χ3n) is 5.12. The van der Waals surface area contributed by atoms with Crippen LogP contribution in [-0.4, -0.2) is 30.4 Å². The number of methoxy groups -OCH3 is 1. The van der Waals surface area contributed by atoms with Crippen LogP contribution < -0.4 is 20.2 Å². The molecule has 1 aromatic rings. The van der Waals surface area contributed by atoms with Gasteiger partial charge in [0.2, 0.25) is 0 Å². The van der Waals surface area contributed by atoms with Gasteiger partial charge in [-0.05, 0) is 67.6 Å². The Morgan fingerprint density at radius 1 is 1.22 bits per heavy atom. The number of rotatable bonds is 6. The lowest BCUT2D eigenvalue weighted by atomic mass is 9.86. The monoisotopic (exact) mass is 389 g/mol. The Balaban J connectivity index is 1.53. The van der Waals surface area contributed by atoms with Gasteiger partial charge in [-0.25, -0.2) is 0 Å². The number of thiocarbonyl (C=S) groups is 1. The third-order valence-corrected chi connectivity index (χ3v) is 5.33. The molecule has 2 atom stereocenters. The van der Waals surface area contributed by atoms with Crippen LogP contribution in [0, 0.1) is 11.8 Å². The number of carbonyl (C=O) groups is 1. The molecule has 2 aliphatic rings. The predicted octanol–water partition coefficient (Wildman–Crippen LogP) is 3.39. The molecule has 2 fully saturated rings. The molecule has 3 rings (SSSR count). The van der Waals surface area contributed by atoms with E-state index >= 15 is 0 Å². The Kier molecular flexibility index (Phi) is 6.66. The molecule has 6 nitrogen and oxygen atoms in total. The number of esters is 1. The fraction of sp³-hybridized carbons (Fsp3) is 0.550. The fourth-order valence-electron chi connectivity index (χ4n) is 3.26. The molecule has 0 unspecified atom stereocenters. The molecule has 2 N–H and O–H groups in total. The summed E-state index contributed by atoms with van der Waals surface area (Å²) in [6.07, 6.45) is 8.40. The van der Waals surface area contributed by atoms with E-state index in [4.69, 9.17) is 21.7 Å². The van der Waals surface area contributed by atoms with Gasteiger partial charge < -0.3 is 14.8 Å². The third kappa shape index (κ3) is 5.66. The lowest BCUT2D eigenvalue weighted by Gasteiger charge is -2.30. The lowest BCUT2D eigenvalue weighted by molar-refractivity contribution is -0.135. The molecule has 146 valence electrons. The molecule has 0 saturated heterocycles. The summed E-state index contributed by atoms with van der Waals surface area (Å²) in [5.41, 5.74) is 3.69. The van der Waals surface area contributed by atoms with E-state index in [1.807, 2.05) is 6.07 Å². The van der Waals surface area contributed by atoms with Gasteiger partial charge in [0.1, 0.15) is 0 Å². The predicted molar refractivity (Wildman–Crippen MR) is 109 cm³/mol. The van der Waals surface area contributed by atoms with Crippen LogP contribution in [0.3, 0.4) is 0 Å². The first-order chi connectivity index (χ1) is 13.1. The van der Waals surface area contributed by atoms with Gasteiger partial charge in [0.05, 0.1) is 19.2 Å². The van der Waals surface area contributed by atoms with Crippen LogP contribution in [0.4, 0.5) is 0 Å². The lowest BCUT2D eigenvalue weighted by Crippen LogP contribution is -2.44. The van der Waals surface area contributed by atoms with Crippen molar-refractivity contribution in [3.8, 4) is 11.5 Å². The summed E-state index contributed by atoms with van der Waals surface area (Å²) in [6, 6.07) is 5.73. The molecule has 7 heteroatoms. The average Bonchev–Trinajstić information content (AvgIpc) is 3.50. The largest absolute Gasteiger partial charge is 0.493 e. The Morgan fingerprint density at radius 2 is 2.00 bits per heavy atom. The topological polar surface area (TPSA) is 71.9 Å². The zero-order valence-electron chi connectivity index (χ0n) is 15.9. The van der Waals surface area contributed by atoms with E-state index in [9.17, 15) is 4.79 Å². The van der Waals surface area contributed by atoms with Crippen LogP contribution in [0.2, 0.25) is 0 Å². The summed E-state index contributed by atoms with van der Waals surface area (Å²) < 4.78 is 10.7. The average molecular weight is 390 g/mol. The van der Waals surface area contributed by atoms with Crippen molar-refractivity contribution in [2.75, 3.05) is 7.11 Å². The second kappa shape index (κ2) is 9.17. The highest BCUT2D eigenvalue weighted by atomic mass is 32.1. The maximum absolute atomic E-state index is 11.8. The maximum Gasteiger partial charge on any atom is 0.314 e. The van der Waals surface area contributed by atoms with Crippen LogP contribution in [-0.2, 0) is 4.79 Å². The van der Waals surface area contributed by atoms with Crippen molar-refractivity contribution in [3.63, 3.8) is 0 Å². The van der Waals surface area contributed by atoms with Gasteiger partial charge in [-0.1, -0.05) is 19.8 Å². The molecule has 0 heterocycles. The van der Waals surface area contributed by atoms with Gasteiger partial charge >= 0.3 is 5.97 Å². The molecular formula is C20H27N3O3S. The molecule has 0 aliphatic heterocycles. The van der Waals surface area contributed by atoms with Crippen molar-refractivity contribution in [2.45, 2.75) is 51.5 Å². The molecule has 2 saturated carbocycles. The van der Waals surface area contributed by atoms with Gasteiger partial charge in [-0.15, -0.1) is 0 Å². The van der Waals surface area contributed by atoms with Crippen molar-refractivity contribution in [2.24, 2.45) is 16.9 Å². The quantitative estimate of drug-likeness (QED) is 0.255. The normalized spacial score (nSPS) is 22.3. The molecular weight excluding hydrogens is 362 g/mol. The van der Waals surface area contributed by atoms with Gasteiger partial charge in [0, 0.05) is 6.04 Å². The number of hydrazone groups is 1. The highest BCUT2D eigenvalue weighted by Crippen LogP contribution is 2.34. The summed E-state index contributed by atoms with van der Waals surface area (Å²) in [4.78, 5) is 11.8. The van der Waals surface area contributed by atoms with Gasteiger partial charge in [0.25, 0.3) is 0 Å². The minimum atomic E-state index is -0.190. The number of nitrogens with one attached hydrogen (secondary N) is 2. The number of nitrogens with zero attached hydrogens (tertiary/aromatic N) is 1. The van der Waals surface area contributed by atoms with Gasteiger partial charge in [0.15, 0.2) is 16.6 Å². The molecule has 0 radical (unpaired) electrons. The summed E-state index contributed by atoms with van der Waals surface area (Å²) >= 11 is 5.33. The van der Waals surface area contributed by atoms with E-state index in [0.717, 1.165) is 24.8 Å².